The minimum absolute atomic E-state index is 0.131. The predicted octanol–water partition coefficient (Wildman–Crippen LogP) is 4.46. The second-order valence-electron chi connectivity index (χ2n) is 6.32. The van der Waals surface area contributed by atoms with Crippen LogP contribution in [0.3, 0.4) is 0 Å². The summed E-state index contributed by atoms with van der Waals surface area (Å²) in [7, 11) is -0.619. The van der Waals surface area contributed by atoms with Gasteiger partial charge in [0.15, 0.2) is 5.78 Å². The molecule has 3 rings (SSSR count). The maximum atomic E-state index is 12.4. The number of nitrogens with zero attached hydrogens (tertiary/aromatic N) is 1. The molecule has 1 aliphatic rings. The Morgan fingerprint density at radius 3 is 2.46 bits per heavy atom. The minimum Gasteiger partial charge on any atom is -0.487 e. The lowest BCUT2D eigenvalue weighted by molar-refractivity contribution is 0.104. The first-order valence-corrected chi connectivity index (χ1v) is 10.5. The Balaban J connectivity index is 1.78. The fourth-order valence-corrected chi connectivity index (χ4v) is 4.08. The number of hydrogen-bond acceptors (Lipinski definition) is 4. The van der Waals surface area contributed by atoms with Gasteiger partial charge in [0.05, 0.1) is 9.92 Å². The van der Waals surface area contributed by atoms with Crippen molar-refractivity contribution in [2.45, 2.75) is 4.90 Å². The third kappa shape index (κ3) is 4.31. The zero-order chi connectivity index (χ0) is 20.5. The van der Waals surface area contributed by atoms with Gasteiger partial charge in [0, 0.05) is 30.2 Å². The Morgan fingerprint density at radius 1 is 1.14 bits per heavy atom. The molecule has 0 atom stereocenters. The van der Waals surface area contributed by atoms with Crippen LogP contribution in [0.4, 0.5) is 0 Å². The number of benzene rings is 2. The highest BCUT2D eigenvalue weighted by atomic mass is 35.5. The fraction of sp³-hybridized carbons (Fsp3) is 0.150. The first kappa shape index (κ1) is 20.6. The van der Waals surface area contributed by atoms with Gasteiger partial charge in [0.1, 0.15) is 12.4 Å². The SMILES string of the molecule is CN(C)S(=O)(=O)c1ccc(C(=O)C=CC2=Cc3cc(Cl)cc(Cl)c3OC2)cc1. The molecule has 1 heterocycles. The first-order valence-electron chi connectivity index (χ1n) is 8.26. The number of fused-ring (bicyclic) bond motifs is 1. The van der Waals surface area contributed by atoms with Gasteiger partial charge in [0.25, 0.3) is 0 Å². The second kappa shape index (κ2) is 8.09. The Bertz CT molecular complexity index is 1090. The molecule has 0 radical (unpaired) electrons. The third-order valence-electron chi connectivity index (χ3n) is 4.13. The van der Waals surface area contributed by atoms with E-state index in [0.29, 0.717) is 21.4 Å². The Kier molecular flexibility index (Phi) is 5.95. The summed E-state index contributed by atoms with van der Waals surface area (Å²) in [6, 6.07) is 9.16. The van der Waals surface area contributed by atoms with Crippen molar-refractivity contribution in [1.82, 2.24) is 4.31 Å². The molecule has 0 spiro atoms. The molecule has 2 aromatic rings. The maximum absolute atomic E-state index is 12.4. The molecule has 0 bridgehead atoms. The zero-order valence-electron chi connectivity index (χ0n) is 15.1. The molecule has 146 valence electrons. The summed E-state index contributed by atoms with van der Waals surface area (Å²) in [5.41, 5.74) is 1.91. The van der Waals surface area contributed by atoms with E-state index in [1.54, 1.807) is 18.2 Å². The molecule has 0 saturated carbocycles. The van der Waals surface area contributed by atoms with Crippen LogP contribution >= 0.6 is 23.2 Å². The zero-order valence-corrected chi connectivity index (χ0v) is 17.5. The molecule has 0 aromatic heterocycles. The van der Waals surface area contributed by atoms with Crippen LogP contribution in [-0.2, 0) is 10.0 Å². The van der Waals surface area contributed by atoms with Crippen molar-refractivity contribution in [3.63, 3.8) is 0 Å². The number of hydrogen-bond donors (Lipinski definition) is 0. The molecular formula is C20H17Cl2NO4S. The lowest BCUT2D eigenvalue weighted by atomic mass is 10.1. The number of ether oxygens (including phenoxy) is 1. The van der Waals surface area contributed by atoms with Crippen LogP contribution in [0.2, 0.25) is 10.0 Å². The average Bonchev–Trinajstić information content (AvgIpc) is 2.65. The van der Waals surface area contributed by atoms with Crippen molar-refractivity contribution >= 4 is 45.1 Å². The summed E-state index contributed by atoms with van der Waals surface area (Å²) in [6.45, 7) is 0.276. The summed E-state index contributed by atoms with van der Waals surface area (Å²) < 4.78 is 30.9. The van der Waals surface area contributed by atoms with Gasteiger partial charge in [-0.25, -0.2) is 12.7 Å². The lowest BCUT2D eigenvalue weighted by Gasteiger charge is -2.17. The Labute approximate surface area is 173 Å². The van der Waals surface area contributed by atoms with Crippen LogP contribution in [0.15, 0.2) is 59.0 Å². The van der Waals surface area contributed by atoms with E-state index in [9.17, 15) is 13.2 Å². The molecule has 0 N–H and O–H groups in total. The van der Waals surface area contributed by atoms with E-state index in [1.165, 1.54) is 44.4 Å². The normalized spacial score (nSPS) is 14.0. The van der Waals surface area contributed by atoms with Crippen molar-refractivity contribution in [3.8, 4) is 5.75 Å². The summed E-state index contributed by atoms with van der Waals surface area (Å²) >= 11 is 12.1. The number of carbonyl (C=O) groups is 1. The van der Waals surface area contributed by atoms with Gasteiger partial charge in [-0.3, -0.25) is 4.79 Å². The van der Waals surface area contributed by atoms with Gasteiger partial charge in [-0.1, -0.05) is 29.3 Å². The van der Waals surface area contributed by atoms with Crippen molar-refractivity contribution in [2.24, 2.45) is 0 Å². The molecular weight excluding hydrogens is 421 g/mol. The van der Waals surface area contributed by atoms with Crippen LogP contribution in [0.5, 0.6) is 5.75 Å². The molecule has 0 fully saturated rings. The van der Waals surface area contributed by atoms with Gasteiger partial charge in [-0.15, -0.1) is 0 Å². The van der Waals surface area contributed by atoms with Gasteiger partial charge in [0.2, 0.25) is 10.0 Å². The van der Waals surface area contributed by atoms with Crippen LogP contribution < -0.4 is 4.74 Å². The standard InChI is InChI=1S/C20H17Cl2NO4S/c1-23(2)28(25,26)17-6-4-14(5-7-17)19(24)8-3-13-9-15-10-16(21)11-18(22)20(15)27-12-13/h3-11H,12H2,1-2H3. The first-order chi connectivity index (χ1) is 13.2. The second-order valence-corrected chi connectivity index (χ2v) is 9.32. The number of sulfonamides is 1. The van der Waals surface area contributed by atoms with Crippen molar-refractivity contribution in [2.75, 3.05) is 20.7 Å². The molecule has 28 heavy (non-hydrogen) atoms. The average molecular weight is 438 g/mol. The van der Waals surface area contributed by atoms with E-state index in [0.717, 1.165) is 15.4 Å². The van der Waals surface area contributed by atoms with Crippen LogP contribution in [0.1, 0.15) is 15.9 Å². The molecule has 0 amide bonds. The van der Waals surface area contributed by atoms with E-state index in [1.807, 2.05) is 6.08 Å². The quantitative estimate of drug-likeness (QED) is 0.511. The number of ketones is 1. The summed E-state index contributed by atoms with van der Waals surface area (Å²) in [5.74, 6) is 0.317. The Hall–Kier alpha value is -2.12. The Morgan fingerprint density at radius 2 is 1.82 bits per heavy atom. The number of allylic oxidation sites excluding steroid dienone is 1. The summed E-state index contributed by atoms with van der Waals surface area (Å²) in [6.07, 6.45) is 4.93. The van der Waals surface area contributed by atoms with E-state index in [4.69, 9.17) is 27.9 Å². The molecule has 0 aliphatic carbocycles. The highest BCUT2D eigenvalue weighted by molar-refractivity contribution is 7.89. The van der Waals surface area contributed by atoms with Crippen LogP contribution in [-0.4, -0.2) is 39.2 Å². The van der Waals surface area contributed by atoms with Crippen LogP contribution in [0, 0.1) is 0 Å². The molecule has 5 nitrogen and oxygen atoms in total. The maximum Gasteiger partial charge on any atom is 0.242 e. The van der Waals surface area contributed by atoms with E-state index in [-0.39, 0.29) is 17.3 Å². The number of halogens is 2. The predicted molar refractivity (Wildman–Crippen MR) is 111 cm³/mol. The molecule has 8 heteroatoms. The van der Waals surface area contributed by atoms with Gasteiger partial charge in [-0.05, 0) is 54.1 Å². The van der Waals surface area contributed by atoms with E-state index < -0.39 is 10.0 Å². The highest BCUT2D eigenvalue weighted by Crippen LogP contribution is 2.36. The summed E-state index contributed by atoms with van der Waals surface area (Å²) in [4.78, 5) is 12.5. The van der Waals surface area contributed by atoms with Crippen molar-refractivity contribution in [1.29, 1.82) is 0 Å². The molecule has 1 aliphatic heterocycles. The largest absolute Gasteiger partial charge is 0.487 e. The smallest absolute Gasteiger partial charge is 0.242 e. The highest BCUT2D eigenvalue weighted by Gasteiger charge is 2.17. The van der Waals surface area contributed by atoms with E-state index >= 15 is 0 Å². The number of carbonyl (C=O) groups excluding carboxylic acids is 1. The lowest BCUT2D eigenvalue weighted by Crippen LogP contribution is -2.22. The number of rotatable bonds is 5. The monoisotopic (exact) mass is 437 g/mol. The fourth-order valence-electron chi connectivity index (χ4n) is 2.61. The topological polar surface area (TPSA) is 63.7 Å². The van der Waals surface area contributed by atoms with Gasteiger partial charge >= 0.3 is 0 Å². The molecule has 0 unspecified atom stereocenters. The van der Waals surface area contributed by atoms with Crippen molar-refractivity contribution in [3.05, 3.63) is 75.3 Å². The van der Waals surface area contributed by atoms with Crippen LogP contribution in [0.25, 0.3) is 6.08 Å². The molecule has 0 saturated heterocycles. The van der Waals surface area contributed by atoms with Gasteiger partial charge < -0.3 is 4.74 Å². The van der Waals surface area contributed by atoms with Crippen molar-refractivity contribution < 1.29 is 17.9 Å². The van der Waals surface area contributed by atoms with Gasteiger partial charge in [-0.2, -0.15) is 0 Å². The third-order valence-corrected chi connectivity index (χ3v) is 6.46. The summed E-state index contributed by atoms with van der Waals surface area (Å²) in [5, 5.41) is 0.934. The van der Waals surface area contributed by atoms with E-state index in [2.05, 4.69) is 0 Å². The molecule has 2 aromatic carbocycles. The minimum atomic E-state index is -3.53.